The number of halogens is 1. The normalized spacial score (nSPS) is 20.7. The van der Waals surface area contributed by atoms with E-state index in [0.29, 0.717) is 10.6 Å². The lowest BCUT2D eigenvalue weighted by molar-refractivity contribution is -0.117. The Bertz CT molecular complexity index is 1070. The predicted molar refractivity (Wildman–Crippen MR) is 134 cm³/mol. The van der Waals surface area contributed by atoms with Crippen LogP contribution in [0.1, 0.15) is 15.9 Å². The van der Waals surface area contributed by atoms with Crippen molar-refractivity contribution in [3.8, 4) is 0 Å². The molecule has 8 nitrogen and oxygen atoms in total. The first-order chi connectivity index (χ1) is 16.0. The summed E-state index contributed by atoms with van der Waals surface area (Å²) in [5, 5.41) is 6.27. The molecule has 2 aromatic rings. The Kier molecular flexibility index (Phi) is 6.36. The number of anilines is 3. The number of nitrogens with zero attached hydrogens (tertiary/aromatic N) is 4. The number of carbonyl (C=O) groups is 2. The summed E-state index contributed by atoms with van der Waals surface area (Å²) in [6.07, 6.45) is 1.94. The quantitative estimate of drug-likeness (QED) is 0.686. The molecule has 0 aliphatic carbocycles. The average molecular weight is 487 g/mol. The highest BCUT2D eigenvalue weighted by molar-refractivity contribution is 7.99. The minimum atomic E-state index is -0.141. The van der Waals surface area contributed by atoms with E-state index in [4.69, 9.17) is 16.6 Å². The molecular weight excluding hydrogens is 460 g/mol. The van der Waals surface area contributed by atoms with Gasteiger partial charge in [0.1, 0.15) is 6.04 Å². The number of amides is 2. The summed E-state index contributed by atoms with van der Waals surface area (Å²) in [5.74, 6) is 2.66. The molecule has 0 radical (unpaired) electrons. The van der Waals surface area contributed by atoms with E-state index in [1.54, 1.807) is 13.1 Å². The largest absolute Gasteiger partial charge is 0.368 e. The number of aromatic nitrogens is 1. The van der Waals surface area contributed by atoms with Gasteiger partial charge >= 0.3 is 0 Å². The molecular formula is C23H27ClN6O2S. The Labute approximate surface area is 202 Å². The molecule has 0 saturated carbocycles. The summed E-state index contributed by atoms with van der Waals surface area (Å²) >= 11 is 8.30. The predicted octanol–water partition coefficient (Wildman–Crippen LogP) is 2.29. The van der Waals surface area contributed by atoms with E-state index in [1.165, 1.54) is 0 Å². The van der Waals surface area contributed by atoms with Crippen molar-refractivity contribution < 1.29 is 9.59 Å². The second kappa shape index (κ2) is 9.40. The SMILES string of the molecule is CNC(=O)c1ccc(N2CCN(Cc3cnc4c(c3)NC(=O)C3CSCCN43)CC2)c(Cl)c1. The maximum atomic E-state index is 12.5. The van der Waals surface area contributed by atoms with Crippen molar-refractivity contribution in [2.45, 2.75) is 12.6 Å². The van der Waals surface area contributed by atoms with Crippen molar-refractivity contribution >= 4 is 52.4 Å². The number of pyridine rings is 1. The molecule has 174 valence electrons. The summed E-state index contributed by atoms with van der Waals surface area (Å²) < 4.78 is 0. The molecule has 3 aliphatic rings. The number of hydrogen-bond acceptors (Lipinski definition) is 7. The smallest absolute Gasteiger partial charge is 0.251 e. The van der Waals surface area contributed by atoms with Crippen molar-refractivity contribution in [3.05, 3.63) is 46.6 Å². The summed E-state index contributed by atoms with van der Waals surface area (Å²) in [5.41, 5.74) is 3.44. The Morgan fingerprint density at radius 3 is 2.82 bits per heavy atom. The fourth-order valence-electron chi connectivity index (χ4n) is 4.65. The van der Waals surface area contributed by atoms with Gasteiger partial charge in [-0.2, -0.15) is 11.8 Å². The molecule has 33 heavy (non-hydrogen) atoms. The number of benzene rings is 1. The van der Waals surface area contributed by atoms with Crippen molar-refractivity contribution in [1.29, 1.82) is 0 Å². The number of thioether (sulfide) groups is 1. The van der Waals surface area contributed by atoms with Crippen LogP contribution < -0.4 is 20.4 Å². The molecule has 2 N–H and O–H groups in total. The van der Waals surface area contributed by atoms with Gasteiger partial charge in [-0.25, -0.2) is 4.98 Å². The van der Waals surface area contributed by atoms with Gasteiger partial charge in [-0.15, -0.1) is 0 Å². The van der Waals surface area contributed by atoms with Crippen LogP contribution in [-0.2, 0) is 11.3 Å². The highest BCUT2D eigenvalue weighted by atomic mass is 35.5. The molecule has 1 unspecified atom stereocenters. The van der Waals surface area contributed by atoms with Crippen LogP contribution in [0.3, 0.4) is 0 Å². The second-order valence-electron chi connectivity index (χ2n) is 8.50. The Balaban J connectivity index is 1.22. The Hall–Kier alpha value is -2.49. The number of nitrogens with one attached hydrogen (secondary N) is 2. The van der Waals surface area contributed by atoms with E-state index in [1.807, 2.05) is 30.1 Å². The van der Waals surface area contributed by atoms with Crippen LogP contribution in [0.2, 0.25) is 5.02 Å². The van der Waals surface area contributed by atoms with Gasteiger partial charge < -0.3 is 20.4 Å². The number of piperazine rings is 1. The third-order valence-corrected chi connectivity index (χ3v) is 7.77. The number of fused-ring (bicyclic) bond motifs is 3. The van der Waals surface area contributed by atoms with Gasteiger partial charge in [-0.1, -0.05) is 11.6 Å². The lowest BCUT2D eigenvalue weighted by Gasteiger charge is -2.40. The molecule has 1 atom stereocenters. The van der Waals surface area contributed by atoms with Gasteiger partial charge in [-0.3, -0.25) is 14.5 Å². The summed E-state index contributed by atoms with van der Waals surface area (Å²) in [4.78, 5) is 35.9. The third-order valence-electron chi connectivity index (χ3n) is 6.44. The highest BCUT2D eigenvalue weighted by Crippen LogP contribution is 2.34. The molecule has 3 aliphatic heterocycles. The number of carbonyl (C=O) groups excluding carboxylic acids is 2. The Morgan fingerprint density at radius 1 is 1.24 bits per heavy atom. The van der Waals surface area contributed by atoms with Crippen molar-refractivity contribution in [3.63, 3.8) is 0 Å². The highest BCUT2D eigenvalue weighted by Gasteiger charge is 2.36. The van der Waals surface area contributed by atoms with Gasteiger partial charge in [0.15, 0.2) is 5.82 Å². The minimum absolute atomic E-state index is 0.0709. The summed E-state index contributed by atoms with van der Waals surface area (Å²) in [6, 6.07) is 7.41. The van der Waals surface area contributed by atoms with E-state index in [2.05, 4.69) is 31.4 Å². The fraction of sp³-hybridized carbons (Fsp3) is 0.435. The zero-order chi connectivity index (χ0) is 22.9. The lowest BCUT2D eigenvalue weighted by atomic mass is 10.1. The number of hydrogen-bond donors (Lipinski definition) is 2. The molecule has 0 bridgehead atoms. The van der Waals surface area contributed by atoms with Crippen LogP contribution in [0.15, 0.2) is 30.5 Å². The van der Waals surface area contributed by atoms with Gasteiger partial charge in [0.2, 0.25) is 5.91 Å². The lowest BCUT2D eigenvalue weighted by Crippen LogP contribution is -2.53. The van der Waals surface area contributed by atoms with Gasteiger partial charge in [0.25, 0.3) is 5.91 Å². The van der Waals surface area contributed by atoms with Crippen LogP contribution >= 0.6 is 23.4 Å². The molecule has 2 amide bonds. The molecule has 10 heteroatoms. The second-order valence-corrected chi connectivity index (χ2v) is 10.1. The zero-order valence-electron chi connectivity index (χ0n) is 18.5. The van der Waals surface area contributed by atoms with Crippen LogP contribution in [0.25, 0.3) is 0 Å². The van der Waals surface area contributed by atoms with Crippen LogP contribution in [-0.4, -0.2) is 79.0 Å². The molecule has 4 heterocycles. The van der Waals surface area contributed by atoms with Crippen molar-refractivity contribution in [2.75, 3.05) is 66.4 Å². The van der Waals surface area contributed by atoms with E-state index in [-0.39, 0.29) is 17.9 Å². The van der Waals surface area contributed by atoms with Gasteiger partial charge in [0, 0.05) is 69.6 Å². The molecule has 2 fully saturated rings. The first kappa shape index (κ1) is 22.3. The first-order valence-electron chi connectivity index (χ1n) is 11.2. The minimum Gasteiger partial charge on any atom is -0.368 e. The average Bonchev–Trinajstić information content (AvgIpc) is 2.84. The van der Waals surface area contributed by atoms with Gasteiger partial charge in [-0.05, 0) is 29.8 Å². The number of rotatable bonds is 4. The fourth-order valence-corrected chi connectivity index (χ4v) is 6.00. The molecule has 1 aromatic carbocycles. The molecule has 1 aromatic heterocycles. The van der Waals surface area contributed by atoms with E-state index < -0.39 is 0 Å². The van der Waals surface area contributed by atoms with E-state index in [9.17, 15) is 9.59 Å². The van der Waals surface area contributed by atoms with Crippen LogP contribution in [0.5, 0.6) is 0 Å². The molecule has 0 spiro atoms. The molecule has 5 rings (SSSR count). The summed E-state index contributed by atoms with van der Waals surface area (Å²) in [6.45, 7) is 5.12. The first-order valence-corrected chi connectivity index (χ1v) is 12.7. The standard InChI is InChI=1S/C23H27ClN6O2S/c1-25-22(31)16-2-3-19(17(24)11-16)29-6-4-28(5-7-29)13-15-10-18-21(26-12-15)30-8-9-33-14-20(30)23(32)27-18/h2-3,10-12,20H,4-9,13-14H2,1H3,(H,25,31)(H,27,32). The Morgan fingerprint density at radius 2 is 2.06 bits per heavy atom. The monoisotopic (exact) mass is 486 g/mol. The third kappa shape index (κ3) is 4.49. The maximum Gasteiger partial charge on any atom is 0.251 e. The van der Waals surface area contributed by atoms with Gasteiger partial charge in [0.05, 0.1) is 16.4 Å². The zero-order valence-corrected chi connectivity index (χ0v) is 20.1. The van der Waals surface area contributed by atoms with Crippen molar-refractivity contribution in [2.24, 2.45) is 0 Å². The van der Waals surface area contributed by atoms with Crippen molar-refractivity contribution in [1.82, 2.24) is 15.2 Å². The van der Waals surface area contributed by atoms with E-state index >= 15 is 0 Å². The van der Waals surface area contributed by atoms with E-state index in [0.717, 1.165) is 73.5 Å². The molecule has 2 saturated heterocycles. The topological polar surface area (TPSA) is 80.8 Å². The summed E-state index contributed by atoms with van der Waals surface area (Å²) in [7, 11) is 1.61. The maximum absolute atomic E-state index is 12.5. The van der Waals surface area contributed by atoms with Crippen LogP contribution in [0.4, 0.5) is 17.2 Å². The van der Waals surface area contributed by atoms with Crippen LogP contribution in [0, 0.1) is 0 Å².